The van der Waals surface area contributed by atoms with Gasteiger partial charge < -0.3 is 10.1 Å². The van der Waals surface area contributed by atoms with E-state index in [1.165, 1.54) is 12.8 Å². The van der Waals surface area contributed by atoms with Crippen molar-refractivity contribution >= 4 is 0 Å². The second kappa shape index (κ2) is 7.24. The first kappa shape index (κ1) is 17.9. The molecule has 0 radical (unpaired) electrons. The van der Waals surface area contributed by atoms with Crippen LogP contribution in [0.3, 0.4) is 0 Å². The molecule has 0 spiro atoms. The summed E-state index contributed by atoms with van der Waals surface area (Å²) in [5.74, 6) is 0. The molecule has 0 aromatic carbocycles. The normalized spacial score (nSPS) is 25.6. The highest BCUT2D eigenvalue weighted by Crippen LogP contribution is 2.33. The summed E-state index contributed by atoms with van der Waals surface area (Å²) in [6.45, 7) is 17.2. The Hall–Kier alpha value is -0.120. The second-order valence-corrected chi connectivity index (χ2v) is 7.55. The van der Waals surface area contributed by atoms with E-state index in [-0.39, 0.29) is 0 Å². The third-order valence-electron chi connectivity index (χ3n) is 5.22. The standard InChI is InChI=1S/C17H36N2O/c1-8-17(9-2)13-19(14(3)10-11-20-7)15(12-18-17)16(4,5)6/h14-15,18H,8-13H2,1-7H3. The maximum Gasteiger partial charge on any atom is 0.0477 e. The molecule has 1 N–H and O–H groups in total. The quantitative estimate of drug-likeness (QED) is 0.810. The van der Waals surface area contributed by atoms with Crippen LogP contribution in [0, 0.1) is 5.41 Å². The van der Waals surface area contributed by atoms with Crippen molar-refractivity contribution in [3.63, 3.8) is 0 Å². The van der Waals surface area contributed by atoms with Crippen LogP contribution in [0.1, 0.15) is 60.8 Å². The lowest BCUT2D eigenvalue weighted by Crippen LogP contribution is -2.68. The Labute approximate surface area is 126 Å². The van der Waals surface area contributed by atoms with Gasteiger partial charge >= 0.3 is 0 Å². The van der Waals surface area contributed by atoms with E-state index in [1.807, 2.05) is 0 Å². The Morgan fingerprint density at radius 3 is 2.35 bits per heavy atom. The lowest BCUT2D eigenvalue weighted by Gasteiger charge is -2.53. The molecule has 0 aliphatic carbocycles. The molecule has 3 nitrogen and oxygen atoms in total. The predicted octanol–water partition coefficient (Wildman–Crippen LogP) is 3.29. The van der Waals surface area contributed by atoms with Crippen molar-refractivity contribution in [2.45, 2.75) is 78.4 Å². The van der Waals surface area contributed by atoms with Gasteiger partial charge in [0, 0.05) is 44.4 Å². The molecule has 1 fully saturated rings. The fourth-order valence-corrected chi connectivity index (χ4v) is 3.39. The number of nitrogens with one attached hydrogen (secondary N) is 1. The van der Waals surface area contributed by atoms with Crippen LogP contribution in [0.4, 0.5) is 0 Å². The molecule has 0 aromatic rings. The summed E-state index contributed by atoms with van der Waals surface area (Å²) in [5, 5.41) is 3.86. The summed E-state index contributed by atoms with van der Waals surface area (Å²) < 4.78 is 5.29. The maximum atomic E-state index is 5.29. The Morgan fingerprint density at radius 1 is 1.30 bits per heavy atom. The molecule has 3 heteroatoms. The molecule has 1 rings (SSSR count). The van der Waals surface area contributed by atoms with Crippen LogP contribution in [0.25, 0.3) is 0 Å². The van der Waals surface area contributed by atoms with Crippen molar-refractivity contribution in [3.8, 4) is 0 Å². The van der Waals surface area contributed by atoms with Gasteiger partial charge in [0.2, 0.25) is 0 Å². The van der Waals surface area contributed by atoms with Gasteiger partial charge in [-0.3, -0.25) is 4.90 Å². The molecule has 1 aliphatic rings. The van der Waals surface area contributed by atoms with Crippen LogP contribution >= 0.6 is 0 Å². The molecule has 1 saturated heterocycles. The number of hydrogen-bond donors (Lipinski definition) is 1. The van der Waals surface area contributed by atoms with Gasteiger partial charge in [0.05, 0.1) is 0 Å². The van der Waals surface area contributed by atoms with Gasteiger partial charge in [0.25, 0.3) is 0 Å². The molecule has 20 heavy (non-hydrogen) atoms. The lowest BCUT2D eigenvalue weighted by atomic mass is 9.79. The minimum atomic E-state index is 0.295. The highest BCUT2D eigenvalue weighted by atomic mass is 16.5. The molecule has 2 atom stereocenters. The maximum absolute atomic E-state index is 5.29. The third-order valence-corrected chi connectivity index (χ3v) is 5.22. The monoisotopic (exact) mass is 284 g/mol. The molecule has 2 unspecified atom stereocenters. The van der Waals surface area contributed by atoms with Crippen LogP contribution < -0.4 is 5.32 Å². The number of methoxy groups -OCH3 is 1. The van der Waals surface area contributed by atoms with Crippen molar-refractivity contribution in [2.75, 3.05) is 26.8 Å². The third kappa shape index (κ3) is 4.19. The molecule has 0 bridgehead atoms. The Bertz CT molecular complexity index is 281. The van der Waals surface area contributed by atoms with E-state index in [9.17, 15) is 0 Å². The minimum Gasteiger partial charge on any atom is -0.385 e. The number of nitrogens with zero attached hydrogens (tertiary/aromatic N) is 1. The highest BCUT2D eigenvalue weighted by Gasteiger charge is 2.42. The fourth-order valence-electron chi connectivity index (χ4n) is 3.39. The molecule has 120 valence electrons. The van der Waals surface area contributed by atoms with Crippen molar-refractivity contribution < 1.29 is 4.74 Å². The zero-order chi connectivity index (χ0) is 15.4. The van der Waals surface area contributed by atoms with Gasteiger partial charge in [-0.15, -0.1) is 0 Å². The predicted molar refractivity (Wildman–Crippen MR) is 87.2 cm³/mol. The van der Waals surface area contributed by atoms with E-state index >= 15 is 0 Å². The van der Waals surface area contributed by atoms with Gasteiger partial charge in [-0.1, -0.05) is 34.6 Å². The van der Waals surface area contributed by atoms with Crippen molar-refractivity contribution in [1.82, 2.24) is 10.2 Å². The molecular formula is C17H36N2O. The molecule has 0 aromatic heterocycles. The summed E-state index contributed by atoms with van der Waals surface area (Å²) in [6.07, 6.45) is 3.52. The average molecular weight is 284 g/mol. The van der Waals surface area contributed by atoms with Gasteiger partial charge in [0.1, 0.15) is 0 Å². The van der Waals surface area contributed by atoms with E-state index in [4.69, 9.17) is 4.74 Å². The lowest BCUT2D eigenvalue weighted by molar-refractivity contribution is -0.0139. The molecular weight excluding hydrogens is 248 g/mol. The van der Waals surface area contributed by atoms with Crippen LogP contribution in [0.5, 0.6) is 0 Å². The van der Waals surface area contributed by atoms with Gasteiger partial charge in [0.15, 0.2) is 0 Å². The number of piperazine rings is 1. The van der Waals surface area contributed by atoms with Crippen LogP contribution in [-0.2, 0) is 4.74 Å². The van der Waals surface area contributed by atoms with E-state index in [0.29, 0.717) is 23.0 Å². The Morgan fingerprint density at radius 2 is 1.90 bits per heavy atom. The zero-order valence-corrected chi connectivity index (χ0v) is 14.8. The summed E-state index contributed by atoms with van der Waals surface area (Å²) in [6, 6.07) is 1.18. The number of ether oxygens (including phenoxy) is 1. The smallest absolute Gasteiger partial charge is 0.0477 e. The van der Waals surface area contributed by atoms with Gasteiger partial charge in [-0.05, 0) is 31.6 Å². The number of hydrogen-bond acceptors (Lipinski definition) is 3. The van der Waals surface area contributed by atoms with Crippen molar-refractivity contribution in [3.05, 3.63) is 0 Å². The summed E-state index contributed by atoms with van der Waals surface area (Å²) in [4.78, 5) is 2.74. The summed E-state index contributed by atoms with van der Waals surface area (Å²) in [5.41, 5.74) is 0.602. The first-order chi connectivity index (χ1) is 9.29. The van der Waals surface area contributed by atoms with E-state index in [1.54, 1.807) is 7.11 Å². The molecule has 1 heterocycles. The van der Waals surface area contributed by atoms with Crippen LogP contribution in [0.15, 0.2) is 0 Å². The van der Waals surface area contributed by atoms with Crippen LogP contribution in [-0.4, -0.2) is 49.3 Å². The first-order valence-electron chi connectivity index (χ1n) is 8.29. The Kier molecular flexibility index (Phi) is 6.49. The van der Waals surface area contributed by atoms with E-state index in [2.05, 4.69) is 51.8 Å². The molecule has 0 saturated carbocycles. The first-order valence-corrected chi connectivity index (χ1v) is 8.29. The van der Waals surface area contributed by atoms with E-state index in [0.717, 1.165) is 26.1 Å². The Balaban J connectivity index is 2.88. The zero-order valence-electron chi connectivity index (χ0n) is 14.8. The SMILES string of the molecule is CCC1(CC)CN(C(C)CCOC)C(C(C)(C)C)CN1. The second-order valence-electron chi connectivity index (χ2n) is 7.55. The average Bonchev–Trinajstić information content (AvgIpc) is 2.42. The summed E-state index contributed by atoms with van der Waals surface area (Å²) in [7, 11) is 1.80. The highest BCUT2D eigenvalue weighted by molar-refractivity contribution is 5.01. The van der Waals surface area contributed by atoms with Crippen molar-refractivity contribution in [2.24, 2.45) is 5.41 Å². The minimum absolute atomic E-state index is 0.295. The summed E-state index contributed by atoms with van der Waals surface area (Å²) >= 11 is 0. The fraction of sp³-hybridized carbons (Fsp3) is 1.00. The van der Waals surface area contributed by atoms with Crippen LogP contribution in [0.2, 0.25) is 0 Å². The largest absolute Gasteiger partial charge is 0.385 e. The molecule has 1 aliphatic heterocycles. The topological polar surface area (TPSA) is 24.5 Å². The molecule has 0 amide bonds. The van der Waals surface area contributed by atoms with Gasteiger partial charge in [-0.2, -0.15) is 0 Å². The number of rotatable bonds is 6. The van der Waals surface area contributed by atoms with Gasteiger partial charge in [-0.25, -0.2) is 0 Å². The van der Waals surface area contributed by atoms with Crippen molar-refractivity contribution in [1.29, 1.82) is 0 Å². The van der Waals surface area contributed by atoms with E-state index < -0.39 is 0 Å².